The van der Waals surface area contributed by atoms with E-state index in [2.05, 4.69) is 15.6 Å². The van der Waals surface area contributed by atoms with Crippen molar-refractivity contribution in [2.75, 3.05) is 19.5 Å². The second kappa shape index (κ2) is 5.42. The number of hydrogen-bond donors (Lipinski definition) is 1. The monoisotopic (exact) mass is 287 g/mol. The van der Waals surface area contributed by atoms with Crippen LogP contribution in [0.2, 0.25) is 0 Å². The van der Waals surface area contributed by atoms with Crippen molar-refractivity contribution in [2.45, 2.75) is 9.79 Å². The number of aromatic nitrogens is 2. The van der Waals surface area contributed by atoms with E-state index in [-0.39, 0.29) is 0 Å². The summed E-state index contributed by atoms with van der Waals surface area (Å²) >= 11 is 1.58. The summed E-state index contributed by atoms with van der Waals surface area (Å²) in [6, 6.07) is 11.8. The predicted molar refractivity (Wildman–Crippen MR) is 78.5 cm³/mol. The molecule has 0 aliphatic heterocycles. The lowest BCUT2D eigenvalue weighted by Gasteiger charge is -2.08. The zero-order chi connectivity index (χ0) is 13.9. The molecule has 0 unspecified atom stereocenters. The van der Waals surface area contributed by atoms with E-state index in [9.17, 15) is 0 Å². The number of benzene rings is 2. The van der Waals surface area contributed by atoms with E-state index in [0.29, 0.717) is 0 Å². The number of anilines is 1. The fourth-order valence-electron chi connectivity index (χ4n) is 1.95. The van der Waals surface area contributed by atoms with Crippen molar-refractivity contribution in [3.8, 4) is 5.75 Å². The highest BCUT2D eigenvalue weighted by Gasteiger charge is 2.13. The van der Waals surface area contributed by atoms with Crippen molar-refractivity contribution >= 4 is 28.5 Å². The maximum atomic E-state index is 5.36. The number of ether oxygens (including phenoxy) is 1. The zero-order valence-electron chi connectivity index (χ0n) is 11.1. The number of para-hydroxylation sites is 1. The summed E-state index contributed by atoms with van der Waals surface area (Å²) in [5.41, 5.74) is 2.37. The van der Waals surface area contributed by atoms with Crippen LogP contribution in [0.15, 0.2) is 50.8 Å². The fraction of sp³-hybridized carbons (Fsp3) is 0.143. The van der Waals surface area contributed by atoms with Gasteiger partial charge in [-0.1, -0.05) is 23.9 Å². The highest BCUT2D eigenvalue weighted by atomic mass is 32.2. The summed E-state index contributed by atoms with van der Waals surface area (Å²) in [6.45, 7) is 0. The van der Waals surface area contributed by atoms with Crippen molar-refractivity contribution in [3.63, 3.8) is 0 Å². The van der Waals surface area contributed by atoms with E-state index in [1.54, 1.807) is 18.9 Å². The predicted octanol–water partition coefficient (Wildman–Crippen LogP) is 3.42. The first-order valence-corrected chi connectivity index (χ1v) is 6.89. The van der Waals surface area contributed by atoms with Crippen LogP contribution in [0.1, 0.15) is 0 Å². The molecule has 0 atom stereocenters. The summed E-state index contributed by atoms with van der Waals surface area (Å²) < 4.78 is 10.2. The van der Waals surface area contributed by atoms with E-state index in [0.717, 1.165) is 32.3 Å². The average molecular weight is 287 g/mol. The molecule has 0 saturated heterocycles. The van der Waals surface area contributed by atoms with Gasteiger partial charge >= 0.3 is 0 Å². The van der Waals surface area contributed by atoms with Crippen LogP contribution in [0.3, 0.4) is 0 Å². The summed E-state index contributed by atoms with van der Waals surface area (Å²) in [5, 5.41) is 11.0. The fourth-order valence-corrected chi connectivity index (χ4v) is 2.95. The van der Waals surface area contributed by atoms with E-state index in [4.69, 9.17) is 9.37 Å². The molecule has 6 heteroatoms. The van der Waals surface area contributed by atoms with E-state index < -0.39 is 0 Å². The van der Waals surface area contributed by atoms with Gasteiger partial charge in [-0.3, -0.25) is 0 Å². The van der Waals surface area contributed by atoms with Gasteiger partial charge in [-0.25, -0.2) is 4.63 Å². The van der Waals surface area contributed by atoms with Crippen molar-refractivity contribution in [1.82, 2.24) is 10.3 Å². The van der Waals surface area contributed by atoms with Crippen LogP contribution in [0.5, 0.6) is 5.75 Å². The Bertz CT molecular complexity index is 742. The molecule has 1 heterocycles. The molecule has 20 heavy (non-hydrogen) atoms. The molecule has 0 fully saturated rings. The number of rotatable bonds is 4. The van der Waals surface area contributed by atoms with Gasteiger partial charge in [0.2, 0.25) is 0 Å². The lowest BCUT2D eigenvalue weighted by molar-refractivity contribution is 0.315. The van der Waals surface area contributed by atoms with E-state index >= 15 is 0 Å². The smallest absolute Gasteiger partial charge is 0.159 e. The minimum absolute atomic E-state index is 0.729. The van der Waals surface area contributed by atoms with Crippen molar-refractivity contribution in [3.05, 3.63) is 36.4 Å². The minimum Gasteiger partial charge on any atom is -0.496 e. The SMILES string of the molecule is CNc1ccc(Sc2ccccc2OC)c2nonc12. The third-order valence-electron chi connectivity index (χ3n) is 2.94. The second-order valence-electron chi connectivity index (χ2n) is 4.08. The molecule has 3 aromatic rings. The van der Waals surface area contributed by atoms with Gasteiger partial charge in [0.15, 0.2) is 11.0 Å². The third-order valence-corrected chi connectivity index (χ3v) is 4.04. The molecule has 2 aromatic carbocycles. The molecule has 1 aromatic heterocycles. The maximum Gasteiger partial charge on any atom is 0.159 e. The molecule has 0 spiro atoms. The molecule has 102 valence electrons. The number of hydrogen-bond acceptors (Lipinski definition) is 6. The normalized spacial score (nSPS) is 10.7. The maximum absolute atomic E-state index is 5.36. The molecule has 0 aliphatic rings. The minimum atomic E-state index is 0.729. The standard InChI is InChI=1S/C14H13N3O2S/c1-15-9-7-8-12(14-13(9)16-19-17-14)20-11-6-4-3-5-10(11)18-2/h3-8,15H,1-2H3. The Morgan fingerprint density at radius 2 is 1.85 bits per heavy atom. The second-order valence-corrected chi connectivity index (χ2v) is 5.16. The van der Waals surface area contributed by atoms with Crippen molar-refractivity contribution < 1.29 is 9.37 Å². The van der Waals surface area contributed by atoms with Gasteiger partial charge < -0.3 is 10.1 Å². The van der Waals surface area contributed by atoms with Gasteiger partial charge in [-0.2, -0.15) is 0 Å². The van der Waals surface area contributed by atoms with Crippen LogP contribution in [0.4, 0.5) is 5.69 Å². The first-order valence-electron chi connectivity index (χ1n) is 6.07. The summed E-state index contributed by atoms with van der Waals surface area (Å²) in [5.74, 6) is 0.833. The highest BCUT2D eigenvalue weighted by molar-refractivity contribution is 7.99. The Morgan fingerprint density at radius 1 is 1.05 bits per heavy atom. The van der Waals surface area contributed by atoms with Gasteiger partial charge in [0, 0.05) is 11.9 Å². The topological polar surface area (TPSA) is 60.2 Å². The Hall–Kier alpha value is -2.21. The molecule has 0 amide bonds. The summed E-state index contributed by atoms with van der Waals surface area (Å²) in [6.07, 6.45) is 0. The van der Waals surface area contributed by atoms with Crippen LogP contribution >= 0.6 is 11.8 Å². The van der Waals surface area contributed by atoms with E-state index in [1.165, 1.54) is 0 Å². The molecular weight excluding hydrogens is 274 g/mol. The molecule has 0 bridgehead atoms. The first kappa shape index (κ1) is 12.8. The number of methoxy groups -OCH3 is 1. The van der Waals surface area contributed by atoms with Crippen LogP contribution in [-0.4, -0.2) is 24.5 Å². The highest BCUT2D eigenvalue weighted by Crippen LogP contribution is 2.38. The van der Waals surface area contributed by atoms with Gasteiger partial charge in [0.1, 0.15) is 5.75 Å². The van der Waals surface area contributed by atoms with Crippen LogP contribution in [0.25, 0.3) is 11.0 Å². The lowest BCUT2D eigenvalue weighted by atomic mass is 10.2. The molecule has 0 radical (unpaired) electrons. The summed E-state index contributed by atoms with van der Waals surface area (Å²) in [7, 11) is 3.51. The van der Waals surface area contributed by atoms with Crippen LogP contribution in [0, 0.1) is 0 Å². The molecular formula is C14H13N3O2S. The molecule has 0 saturated carbocycles. The number of nitrogens with zero attached hydrogens (tertiary/aromatic N) is 2. The Kier molecular flexibility index (Phi) is 3.47. The third kappa shape index (κ3) is 2.18. The zero-order valence-corrected chi connectivity index (χ0v) is 11.9. The molecule has 5 nitrogen and oxygen atoms in total. The van der Waals surface area contributed by atoms with Gasteiger partial charge in [-0.05, 0) is 34.6 Å². The van der Waals surface area contributed by atoms with Crippen LogP contribution < -0.4 is 10.1 Å². The van der Waals surface area contributed by atoms with Gasteiger partial charge in [0.25, 0.3) is 0 Å². The Morgan fingerprint density at radius 3 is 2.65 bits per heavy atom. The van der Waals surface area contributed by atoms with Crippen LogP contribution in [-0.2, 0) is 0 Å². The van der Waals surface area contributed by atoms with Crippen molar-refractivity contribution in [2.24, 2.45) is 0 Å². The Balaban J connectivity index is 2.05. The Labute approximate surface area is 120 Å². The van der Waals surface area contributed by atoms with Gasteiger partial charge in [0.05, 0.1) is 17.7 Å². The molecule has 1 N–H and O–H groups in total. The van der Waals surface area contributed by atoms with E-state index in [1.807, 2.05) is 43.4 Å². The summed E-state index contributed by atoms with van der Waals surface area (Å²) in [4.78, 5) is 2.00. The first-order chi connectivity index (χ1) is 9.83. The lowest BCUT2D eigenvalue weighted by Crippen LogP contribution is -1.90. The van der Waals surface area contributed by atoms with Gasteiger partial charge in [-0.15, -0.1) is 0 Å². The average Bonchev–Trinajstić information content (AvgIpc) is 2.98. The van der Waals surface area contributed by atoms with Crippen molar-refractivity contribution in [1.29, 1.82) is 0 Å². The number of fused-ring (bicyclic) bond motifs is 1. The molecule has 0 aliphatic carbocycles. The quantitative estimate of drug-likeness (QED) is 0.793. The largest absolute Gasteiger partial charge is 0.496 e. The number of nitrogens with one attached hydrogen (secondary N) is 1. The molecule has 3 rings (SSSR count).